The molecule has 0 saturated carbocycles. The molecule has 84 valence electrons. The Labute approximate surface area is 93.7 Å². The van der Waals surface area contributed by atoms with Crippen LogP contribution in [0, 0.1) is 25.7 Å². The maximum Gasteiger partial charge on any atom is -0.00432 e. The molecule has 1 aromatic rings. The highest BCUT2D eigenvalue weighted by atomic mass is 14.5. The zero-order valence-corrected chi connectivity index (χ0v) is 10.4. The van der Waals surface area contributed by atoms with Crippen LogP contribution in [0.3, 0.4) is 0 Å². The zero-order chi connectivity index (χ0) is 11.4. The molecule has 1 aromatic carbocycles. The van der Waals surface area contributed by atoms with Crippen molar-refractivity contribution in [3.05, 3.63) is 34.9 Å². The molecule has 2 N–H and O–H groups in total. The van der Waals surface area contributed by atoms with Crippen molar-refractivity contribution in [3.63, 3.8) is 0 Å². The van der Waals surface area contributed by atoms with Crippen LogP contribution in [0.5, 0.6) is 0 Å². The van der Waals surface area contributed by atoms with E-state index in [4.69, 9.17) is 5.73 Å². The maximum atomic E-state index is 5.80. The van der Waals surface area contributed by atoms with Crippen molar-refractivity contribution in [1.82, 2.24) is 0 Å². The molecular formula is C14H23N. The molecular weight excluding hydrogens is 182 g/mol. The van der Waals surface area contributed by atoms with Gasteiger partial charge in [0.25, 0.3) is 0 Å². The molecule has 1 rings (SSSR count). The Balaban J connectivity index is 2.79. The van der Waals surface area contributed by atoms with E-state index in [9.17, 15) is 0 Å². The van der Waals surface area contributed by atoms with Gasteiger partial charge < -0.3 is 5.73 Å². The van der Waals surface area contributed by atoms with Gasteiger partial charge in [-0.3, -0.25) is 0 Å². The van der Waals surface area contributed by atoms with Crippen LogP contribution in [0.25, 0.3) is 0 Å². The van der Waals surface area contributed by atoms with Gasteiger partial charge in [-0.25, -0.2) is 0 Å². The second-order valence-electron chi connectivity index (χ2n) is 4.87. The van der Waals surface area contributed by atoms with Crippen molar-refractivity contribution < 1.29 is 0 Å². The van der Waals surface area contributed by atoms with Crippen LogP contribution in [-0.4, -0.2) is 6.54 Å². The molecule has 0 saturated heterocycles. The third-order valence-corrected chi connectivity index (χ3v) is 3.23. The van der Waals surface area contributed by atoms with Crippen LogP contribution in [-0.2, 0) is 6.42 Å². The summed E-state index contributed by atoms with van der Waals surface area (Å²) in [6, 6.07) is 6.69. The van der Waals surface area contributed by atoms with Crippen LogP contribution in [0.1, 0.15) is 30.5 Å². The zero-order valence-electron chi connectivity index (χ0n) is 10.4. The minimum Gasteiger partial charge on any atom is -0.330 e. The van der Waals surface area contributed by atoms with E-state index < -0.39 is 0 Å². The van der Waals surface area contributed by atoms with Gasteiger partial charge in [-0.15, -0.1) is 0 Å². The fourth-order valence-corrected chi connectivity index (χ4v) is 1.95. The Morgan fingerprint density at radius 3 is 2.33 bits per heavy atom. The van der Waals surface area contributed by atoms with Crippen LogP contribution in [0.15, 0.2) is 18.2 Å². The average molecular weight is 205 g/mol. The minimum absolute atomic E-state index is 0.603. The molecule has 1 unspecified atom stereocenters. The fraction of sp³-hybridized carbons (Fsp3) is 0.571. The van der Waals surface area contributed by atoms with Gasteiger partial charge >= 0.3 is 0 Å². The van der Waals surface area contributed by atoms with E-state index in [0.717, 1.165) is 13.0 Å². The van der Waals surface area contributed by atoms with Crippen molar-refractivity contribution in [2.24, 2.45) is 17.6 Å². The molecule has 0 aromatic heterocycles. The van der Waals surface area contributed by atoms with E-state index in [2.05, 4.69) is 45.9 Å². The van der Waals surface area contributed by atoms with Crippen molar-refractivity contribution in [2.75, 3.05) is 6.54 Å². The number of nitrogens with two attached hydrogens (primary N) is 1. The lowest BCUT2D eigenvalue weighted by atomic mass is 9.87. The van der Waals surface area contributed by atoms with Gasteiger partial charge in [0.05, 0.1) is 0 Å². The van der Waals surface area contributed by atoms with Gasteiger partial charge in [0.2, 0.25) is 0 Å². The third kappa shape index (κ3) is 3.35. The summed E-state index contributed by atoms with van der Waals surface area (Å²) >= 11 is 0. The SMILES string of the molecule is Cc1ccc(CC(CN)C(C)C)c(C)c1. The van der Waals surface area contributed by atoms with Crippen molar-refractivity contribution in [2.45, 2.75) is 34.1 Å². The summed E-state index contributed by atoms with van der Waals surface area (Å²) in [4.78, 5) is 0. The first-order valence-corrected chi connectivity index (χ1v) is 5.80. The minimum atomic E-state index is 0.603. The number of hydrogen-bond acceptors (Lipinski definition) is 1. The summed E-state index contributed by atoms with van der Waals surface area (Å²) in [5.74, 6) is 1.27. The largest absolute Gasteiger partial charge is 0.330 e. The maximum absolute atomic E-state index is 5.80. The number of rotatable bonds is 4. The topological polar surface area (TPSA) is 26.0 Å². The lowest BCUT2D eigenvalue weighted by Crippen LogP contribution is -2.22. The van der Waals surface area contributed by atoms with E-state index in [1.165, 1.54) is 16.7 Å². The summed E-state index contributed by atoms with van der Waals surface area (Å²) in [5.41, 5.74) is 9.99. The lowest BCUT2D eigenvalue weighted by Gasteiger charge is -2.20. The molecule has 0 bridgehead atoms. The molecule has 0 aliphatic carbocycles. The first kappa shape index (κ1) is 12.3. The standard InChI is InChI=1S/C14H23N/c1-10(2)14(9-15)8-13-6-5-11(3)7-12(13)4/h5-7,10,14H,8-9,15H2,1-4H3. The highest BCUT2D eigenvalue weighted by molar-refractivity contribution is 5.30. The molecule has 0 spiro atoms. The lowest BCUT2D eigenvalue weighted by molar-refractivity contribution is 0.391. The monoisotopic (exact) mass is 205 g/mol. The Morgan fingerprint density at radius 1 is 1.20 bits per heavy atom. The van der Waals surface area contributed by atoms with Crippen molar-refractivity contribution in [3.8, 4) is 0 Å². The van der Waals surface area contributed by atoms with Crippen LogP contribution < -0.4 is 5.73 Å². The molecule has 0 amide bonds. The van der Waals surface area contributed by atoms with E-state index in [-0.39, 0.29) is 0 Å². The van der Waals surface area contributed by atoms with Crippen LogP contribution in [0.4, 0.5) is 0 Å². The second kappa shape index (κ2) is 5.32. The summed E-state index contributed by atoms with van der Waals surface area (Å²) in [6.07, 6.45) is 1.11. The molecule has 1 heteroatoms. The van der Waals surface area contributed by atoms with Gasteiger partial charge in [0.1, 0.15) is 0 Å². The Hall–Kier alpha value is -0.820. The Kier molecular flexibility index (Phi) is 4.34. The van der Waals surface area contributed by atoms with Crippen molar-refractivity contribution in [1.29, 1.82) is 0 Å². The normalized spacial score (nSPS) is 13.2. The molecule has 0 aliphatic heterocycles. The first-order chi connectivity index (χ1) is 7.04. The van der Waals surface area contributed by atoms with Gasteiger partial charge in [0, 0.05) is 0 Å². The predicted octanol–water partition coefficient (Wildman–Crippen LogP) is 3.08. The molecule has 0 fully saturated rings. The molecule has 0 aliphatic rings. The van der Waals surface area contributed by atoms with Crippen LogP contribution in [0.2, 0.25) is 0 Å². The highest BCUT2D eigenvalue weighted by Gasteiger charge is 2.13. The summed E-state index contributed by atoms with van der Waals surface area (Å²) in [5, 5.41) is 0. The highest BCUT2D eigenvalue weighted by Crippen LogP contribution is 2.19. The van der Waals surface area contributed by atoms with Gasteiger partial charge in [-0.2, -0.15) is 0 Å². The average Bonchev–Trinajstić information content (AvgIpc) is 2.16. The summed E-state index contributed by atoms with van der Waals surface area (Å²) < 4.78 is 0. The van der Waals surface area contributed by atoms with E-state index in [0.29, 0.717) is 11.8 Å². The molecule has 15 heavy (non-hydrogen) atoms. The fourth-order valence-electron chi connectivity index (χ4n) is 1.95. The van der Waals surface area contributed by atoms with Gasteiger partial charge in [-0.05, 0) is 49.8 Å². The smallest absolute Gasteiger partial charge is 0.00432 e. The second-order valence-corrected chi connectivity index (χ2v) is 4.87. The number of benzene rings is 1. The predicted molar refractivity (Wildman–Crippen MR) is 67.0 cm³/mol. The first-order valence-electron chi connectivity index (χ1n) is 5.80. The number of aryl methyl sites for hydroxylation is 2. The number of hydrogen-bond donors (Lipinski definition) is 1. The van der Waals surface area contributed by atoms with Gasteiger partial charge in [0.15, 0.2) is 0 Å². The van der Waals surface area contributed by atoms with Crippen LogP contribution >= 0.6 is 0 Å². The van der Waals surface area contributed by atoms with Gasteiger partial charge in [-0.1, -0.05) is 37.6 Å². The van der Waals surface area contributed by atoms with Crippen molar-refractivity contribution >= 4 is 0 Å². The summed E-state index contributed by atoms with van der Waals surface area (Å²) in [7, 11) is 0. The molecule has 0 heterocycles. The molecule has 0 radical (unpaired) electrons. The molecule has 1 atom stereocenters. The Bertz CT molecular complexity index is 315. The quantitative estimate of drug-likeness (QED) is 0.803. The Morgan fingerprint density at radius 2 is 1.87 bits per heavy atom. The van der Waals surface area contributed by atoms with E-state index in [1.807, 2.05) is 0 Å². The molecule has 1 nitrogen and oxygen atoms in total. The third-order valence-electron chi connectivity index (χ3n) is 3.23. The summed E-state index contributed by atoms with van der Waals surface area (Å²) in [6.45, 7) is 9.61. The van der Waals surface area contributed by atoms with E-state index >= 15 is 0 Å². The van der Waals surface area contributed by atoms with E-state index in [1.54, 1.807) is 0 Å².